The van der Waals surface area contributed by atoms with Crippen LogP contribution in [-0.4, -0.2) is 30.7 Å². The van der Waals surface area contributed by atoms with Crippen LogP contribution in [0.15, 0.2) is 0 Å². The molecule has 90 valence electrons. The molecule has 0 amide bonds. The molecule has 4 heteroatoms. The van der Waals surface area contributed by atoms with Crippen LogP contribution in [0.2, 0.25) is 0 Å². The van der Waals surface area contributed by atoms with Gasteiger partial charge < -0.3 is 4.90 Å². The van der Waals surface area contributed by atoms with Gasteiger partial charge in [0, 0.05) is 19.6 Å². The molecule has 0 radical (unpaired) electrons. The number of fused-ring (bicyclic) bond motifs is 1. The Labute approximate surface area is 93.0 Å². The van der Waals surface area contributed by atoms with Crippen LogP contribution >= 0.6 is 0 Å². The van der Waals surface area contributed by atoms with Crippen LogP contribution in [0.1, 0.15) is 25.7 Å². The van der Waals surface area contributed by atoms with E-state index in [-0.39, 0.29) is 5.41 Å². The van der Waals surface area contributed by atoms with Gasteiger partial charge in [-0.1, -0.05) is 0 Å². The third-order valence-corrected chi connectivity index (χ3v) is 5.35. The van der Waals surface area contributed by atoms with Crippen LogP contribution in [0.3, 0.4) is 0 Å². The normalized spacial score (nSPS) is 54.2. The number of piperidine rings is 1. The first kappa shape index (κ1) is 9.75. The van der Waals surface area contributed by atoms with Gasteiger partial charge in [0.05, 0.1) is 5.41 Å². The zero-order chi connectivity index (χ0) is 11.2. The van der Waals surface area contributed by atoms with Crippen LogP contribution < -0.4 is 0 Å². The number of hydrogen-bond donors (Lipinski definition) is 0. The predicted molar refractivity (Wildman–Crippen MR) is 52.8 cm³/mol. The highest BCUT2D eigenvalue weighted by atomic mass is 19.4. The van der Waals surface area contributed by atoms with Crippen LogP contribution in [-0.2, 0) is 0 Å². The molecule has 4 aliphatic carbocycles. The van der Waals surface area contributed by atoms with Gasteiger partial charge in [-0.3, -0.25) is 0 Å². The highest BCUT2D eigenvalue weighted by molar-refractivity contribution is 5.21. The molecule has 2 unspecified atom stereocenters. The van der Waals surface area contributed by atoms with E-state index < -0.39 is 11.6 Å². The van der Waals surface area contributed by atoms with Gasteiger partial charge in [0.1, 0.15) is 0 Å². The van der Waals surface area contributed by atoms with Crippen molar-refractivity contribution in [2.75, 3.05) is 19.6 Å². The minimum atomic E-state index is -3.94. The van der Waals surface area contributed by atoms with E-state index in [0.717, 1.165) is 31.5 Å². The van der Waals surface area contributed by atoms with Gasteiger partial charge in [-0.25, -0.2) is 0 Å². The molecule has 5 rings (SSSR count). The predicted octanol–water partition coefficient (Wildman–Crippen LogP) is 2.67. The van der Waals surface area contributed by atoms with Crippen molar-refractivity contribution in [1.29, 1.82) is 0 Å². The number of nitrogens with zero attached hydrogens (tertiary/aromatic N) is 1. The van der Waals surface area contributed by atoms with Crippen molar-refractivity contribution in [2.45, 2.75) is 31.9 Å². The lowest BCUT2D eigenvalue weighted by Crippen LogP contribution is -2.70. The third-order valence-electron chi connectivity index (χ3n) is 5.35. The van der Waals surface area contributed by atoms with Crippen molar-refractivity contribution in [3.63, 3.8) is 0 Å². The summed E-state index contributed by atoms with van der Waals surface area (Å²) in [6, 6.07) is 0. The van der Waals surface area contributed by atoms with E-state index in [2.05, 4.69) is 4.90 Å². The summed E-state index contributed by atoms with van der Waals surface area (Å²) in [5.41, 5.74) is -1.19. The lowest BCUT2D eigenvalue weighted by Gasteiger charge is -2.71. The maximum absolute atomic E-state index is 12.7. The summed E-state index contributed by atoms with van der Waals surface area (Å²) in [6.07, 6.45) is -1.34. The van der Waals surface area contributed by atoms with E-state index in [9.17, 15) is 13.2 Å². The Morgan fingerprint density at radius 1 is 1.06 bits per heavy atom. The van der Waals surface area contributed by atoms with E-state index in [1.807, 2.05) is 0 Å². The summed E-state index contributed by atoms with van der Waals surface area (Å²) in [7, 11) is 0. The zero-order valence-electron chi connectivity index (χ0n) is 9.19. The highest BCUT2D eigenvalue weighted by Gasteiger charge is 2.78. The van der Waals surface area contributed by atoms with Crippen molar-refractivity contribution in [3.8, 4) is 0 Å². The molecule has 5 aliphatic rings. The van der Waals surface area contributed by atoms with Gasteiger partial charge in [0.2, 0.25) is 0 Å². The second-order valence-electron chi connectivity index (χ2n) is 6.76. The Morgan fingerprint density at radius 3 is 2.12 bits per heavy atom. The maximum Gasteiger partial charge on any atom is 0.394 e. The average molecular weight is 231 g/mol. The van der Waals surface area contributed by atoms with Crippen LogP contribution in [0.25, 0.3) is 0 Å². The second kappa shape index (κ2) is 2.45. The molecule has 2 bridgehead atoms. The molecule has 1 aliphatic heterocycles. The number of rotatable bonds is 2. The SMILES string of the molecule is FC(F)(F)C12CC(CN3CC4CC4C3)(C1)C2. The van der Waals surface area contributed by atoms with Gasteiger partial charge >= 0.3 is 6.18 Å². The summed E-state index contributed by atoms with van der Waals surface area (Å²) in [4.78, 5) is 2.41. The Hall–Kier alpha value is -0.250. The van der Waals surface area contributed by atoms with Gasteiger partial charge in [-0.15, -0.1) is 0 Å². The largest absolute Gasteiger partial charge is 0.394 e. The quantitative estimate of drug-likeness (QED) is 0.706. The summed E-state index contributed by atoms with van der Waals surface area (Å²) in [5.74, 6) is 1.79. The summed E-state index contributed by atoms with van der Waals surface area (Å²) >= 11 is 0. The van der Waals surface area contributed by atoms with Crippen LogP contribution in [0.5, 0.6) is 0 Å². The fraction of sp³-hybridized carbons (Fsp3) is 1.00. The smallest absolute Gasteiger partial charge is 0.302 e. The molecule has 4 saturated carbocycles. The van der Waals surface area contributed by atoms with Gasteiger partial charge in [-0.2, -0.15) is 13.2 Å². The van der Waals surface area contributed by atoms with E-state index in [0.29, 0.717) is 19.3 Å². The molecule has 0 aromatic heterocycles. The zero-order valence-corrected chi connectivity index (χ0v) is 9.19. The molecule has 2 atom stereocenters. The van der Waals surface area contributed by atoms with Crippen molar-refractivity contribution in [3.05, 3.63) is 0 Å². The molecule has 5 fully saturated rings. The molecule has 1 nitrogen and oxygen atoms in total. The van der Waals surface area contributed by atoms with Crippen molar-refractivity contribution < 1.29 is 13.2 Å². The first-order chi connectivity index (χ1) is 7.42. The van der Waals surface area contributed by atoms with E-state index in [1.165, 1.54) is 6.42 Å². The summed E-state index contributed by atoms with van der Waals surface area (Å²) < 4.78 is 38.0. The first-order valence-electron chi connectivity index (χ1n) is 6.21. The number of halogens is 3. The monoisotopic (exact) mass is 231 g/mol. The van der Waals surface area contributed by atoms with Gasteiger partial charge in [-0.05, 0) is 42.9 Å². The fourth-order valence-electron chi connectivity index (χ4n) is 4.57. The molecule has 0 spiro atoms. The molecule has 1 saturated heterocycles. The standard InChI is InChI=1S/C12H16F3N/c13-12(14,15)11-4-10(5-11,6-11)7-16-2-8-1-9(8)3-16/h8-9H,1-7H2. The minimum Gasteiger partial charge on any atom is -0.302 e. The summed E-state index contributed by atoms with van der Waals surface area (Å²) in [5, 5.41) is 0. The van der Waals surface area contributed by atoms with E-state index >= 15 is 0 Å². The fourth-order valence-corrected chi connectivity index (χ4v) is 4.57. The Morgan fingerprint density at radius 2 is 1.62 bits per heavy atom. The lowest BCUT2D eigenvalue weighted by atomic mass is 9.34. The molecule has 1 heterocycles. The highest BCUT2D eigenvalue weighted by Crippen LogP contribution is 2.78. The van der Waals surface area contributed by atoms with Crippen LogP contribution in [0, 0.1) is 22.7 Å². The number of hydrogen-bond acceptors (Lipinski definition) is 1. The van der Waals surface area contributed by atoms with E-state index in [1.54, 1.807) is 0 Å². The second-order valence-corrected chi connectivity index (χ2v) is 6.76. The van der Waals surface area contributed by atoms with Crippen molar-refractivity contribution >= 4 is 0 Å². The average Bonchev–Trinajstić information content (AvgIpc) is 2.62. The number of alkyl halides is 3. The molecule has 0 N–H and O–H groups in total. The molecule has 16 heavy (non-hydrogen) atoms. The van der Waals surface area contributed by atoms with E-state index in [4.69, 9.17) is 0 Å². The lowest BCUT2D eigenvalue weighted by molar-refractivity contribution is -0.365. The van der Waals surface area contributed by atoms with Crippen molar-refractivity contribution in [1.82, 2.24) is 4.90 Å². The molecule has 0 aromatic rings. The Bertz CT molecular complexity index is 319. The molecular formula is C12H16F3N. The summed E-state index contributed by atoms with van der Waals surface area (Å²) in [6.45, 7) is 3.26. The topological polar surface area (TPSA) is 3.24 Å². The van der Waals surface area contributed by atoms with Gasteiger partial charge in [0.25, 0.3) is 0 Å². The number of likely N-dealkylation sites (tertiary alicyclic amines) is 1. The third kappa shape index (κ3) is 1.07. The Kier molecular flexibility index (Phi) is 1.49. The maximum atomic E-state index is 12.7. The first-order valence-corrected chi connectivity index (χ1v) is 6.21. The molecule has 0 aromatic carbocycles. The minimum absolute atomic E-state index is 0.0618. The van der Waals surface area contributed by atoms with Crippen LogP contribution in [0.4, 0.5) is 13.2 Å². The van der Waals surface area contributed by atoms with Crippen molar-refractivity contribution in [2.24, 2.45) is 22.7 Å². The van der Waals surface area contributed by atoms with Gasteiger partial charge in [0.15, 0.2) is 0 Å². The Balaban J connectivity index is 1.36. The molecular weight excluding hydrogens is 215 g/mol.